The van der Waals surface area contributed by atoms with Crippen LogP contribution in [0.4, 0.5) is 0 Å². The lowest BCUT2D eigenvalue weighted by Gasteiger charge is -2.43. The van der Waals surface area contributed by atoms with Gasteiger partial charge in [-0.25, -0.2) is 0 Å². The third-order valence-corrected chi connectivity index (χ3v) is 5.16. The molecule has 1 heterocycles. The van der Waals surface area contributed by atoms with Crippen LogP contribution in [-0.2, 0) is 11.2 Å². The molecule has 0 bridgehead atoms. The van der Waals surface area contributed by atoms with E-state index in [4.69, 9.17) is 5.11 Å². The molecule has 0 radical (unpaired) electrons. The Labute approximate surface area is 132 Å². The monoisotopic (exact) mass is 302 g/mol. The average Bonchev–Trinajstić information content (AvgIpc) is 2.71. The molecule has 1 saturated heterocycles. The fourth-order valence-corrected chi connectivity index (χ4v) is 3.99. The number of carboxylic acid groups (broad SMARTS) is 1. The summed E-state index contributed by atoms with van der Waals surface area (Å²) < 4.78 is 0. The van der Waals surface area contributed by atoms with Crippen molar-refractivity contribution in [2.75, 3.05) is 26.2 Å². The molecular weight excluding hydrogens is 276 g/mol. The molecule has 2 aliphatic rings. The molecule has 1 N–H and O–H groups in total. The Morgan fingerprint density at radius 1 is 1.27 bits per heavy atom. The van der Waals surface area contributed by atoms with E-state index in [1.54, 1.807) is 0 Å². The van der Waals surface area contributed by atoms with Gasteiger partial charge in [0.25, 0.3) is 0 Å². The van der Waals surface area contributed by atoms with E-state index in [9.17, 15) is 4.79 Å². The molecule has 1 fully saturated rings. The van der Waals surface area contributed by atoms with Crippen molar-refractivity contribution in [3.63, 3.8) is 0 Å². The van der Waals surface area contributed by atoms with Crippen LogP contribution < -0.4 is 0 Å². The fourth-order valence-electron chi connectivity index (χ4n) is 3.99. The van der Waals surface area contributed by atoms with E-state index in [1.807, 2.05) is 0 Å². The zero-order chi connectivity index (χ0) is 15.5. The van der Waals surface area contributed by atoms with Gasteiger partial charge in [0.15, 0.2) is 0 Å². The molecule has 3 rings (SSSR count). The number of benzene rings is 1. The largest absolute Gasteiger partial charge is 0.480 e. The fraction of sp³-hybridized carbons (Fsp3) is 0.611. The topological polar surface area (TPSA) is 43.8 Å². The predicted octanol–water partition coefficient (Wildman–Crippen LogP) is 2.54. The standard InChI is InChI=1S/C18H26N2O2/c1-14-12-20(11-10-19(14)13-18(21)22)17-9-5-3-7-15-6-2-4-8-16(15)17/h2,4,6,8,14,17H,3,5,7,9-13H2,1H3,(H,21,22)/t14-,17?/m1/s1. The molecule has 4 heteroatoms. The SMILES string of the molecule is C[C@@H]1CN(C2CCCCc3ccccc32)CCN1CC(=O)O. The van der Waals surface area contributed by atoms with Crippen molar-refractivity contribution < 1.29 is 9.90 Å². The highest BCUT2D eigenvalue weighted by atomic mass is 16.4. The van der Waals surface area contributed by atoms with Crippen LogP contribution >= 0.6 is 0 Å². The quantitative estimate of drug-likeness (QED) is 0.872. The van der Waals surface area contributed by atoms with Gasteiger partial charge < -0.3 is 5.11 Å². The molecule has 2 atom stereocenters. The van der Waals surface area contributed by atoms with Gasteiger partial charge in [0.1, 0.15) is 0 Å². The van der Waals surface area contributed by atoms with Crippen LogP contribution in [0.5, 0.6) is 0 Å². The summed E-state index contributed by atoms with van der Waals surface area (Å²) in [5.41, 5.74) is 3.00. The summed E-state index contributed by atoms with van der Waals surface area (Å²) in [5.74, 6) is -0.722. The van der Waals surface area contributed by atoms with Crippen molar-refractivity contribution in [3.8, 4) is 0 Å². The lowest BCUT2D eigenvalue weighted by molar-refractivity contribution is -0.139. The highest BCUT2D eigenvalue weighted by Crippen LogP contribution is 2.34. The molecule has 22 heavy (non-hydrogen) atoms. The van der Waals surface area contributed by atoms with Gasteiger partial charge in [-0.2, -0.15) is 0 Å². The van der Waals surface area contributed by atoms with Crippen LogP contribution in [0.1, 0.15) is 43.4 Å². The number of aliphatic carboxylic acids is 1. The predicted molar refractivity (Wildman–Crippen MR) is 87.0 cm³/mol. The smallest absolute Gasteiger partial charge is 0.317 e. The molecule has 4 nitrogen and oxygen atoms in total. The summed E-state index contributed by atoms with van der Waals surface area (Å²) in [4.78, 5) is 15.6. The molecule has 1 aromatic rings. The number of aryl methyl sites for hydroxylation is 1. The van der Waals surface area contributed by atoms with E-state index in [2.05, 4.69) is 41.0 Å². The van der Waals surface area contributed by atoms with Crippen LogP contribution in [-0.4, -0.2) is 53.1 Å². The minimum absolute atomic E-state index is 0.163. The second-order valence-corrected chi connectivity index (χ2v) is 6.67. The highest BCUT2D eigenvalue weighted by molar-refractivity contribution is 5.69. The number of fused-ring (bicyclic) bond motifs is 1. The Morgan fingerprint density at radius 2 is 2.09 bits per heavy atom. The maximum absolute atomic E-state index is 11.0. The summed E-state index contributed by atoms with van der Waals surface area (Å²) >= 11 is 0. The van der Waals surface area contributed by atoms with Crippen LogP contribution in [0, 0.1) is 0 Å². The maximum Gasteiger partial charge on any atom is 0.317 e. The summed E-state index contributed by atoms with van der Waals surface area (Å²) in [5, 5.41) is 9.01. The van der Waals surface area contributed by atoms with Crippen LogP contribution in [0.25, 0.3) is 0 Å². The van der Waals surface area contributed by atoms with Gasteiger partial charge >= 0.3 is 5.97 Å². The van der Waals surface area contributed by atoms with Crippen LogP contribution in [0.2, 0.25) is 0 Å². The number of hydrogen-bond donors (Lipinski definition) is 1. The van der Waals surface area contributed by atoms with Crippen LogP contribution in [0.3, 0.4) is 0 Å². The third-order valence-electron chi connectivity index (χ3n) is 5.16. The first-order chi connectivity index (χ1) is 10.6. The number of hydrogen-bond acceptors (Lipinski definition) is 3. The maximum atomic E-state index is 11.0. The van der Waals surface area contributed by atoms with E-state index in [-0.39, 0.29) is 6.54 Å². The first kappa shape index (κ1) is 15.5. The zero-order valence-corrected chi connectivity index (χ0v) is 13.4. The van der Waals surface area contributed by atoms with Gasteiger partial charge in [0.05, 0.1) is 6.54 Å². The number of rotatable bonds is 3. The van der Waals surface area contributed by atoms with Gasteiger partial charge in [-0.05, 0) is 37.3 Å². The molecule has 0 amide bonds. The Kier molecular flexibility index (Phi) is 4.79. The van der Waals surface area contributed by atoms with E-state index >= 15 is 0 Å². The summed E-state index contributed by atoms with van der Waals surface area (Å²) in [6.45, 7) is 5.10. The third kappa shape index (κ3) is 3.33. The first-order valence-corrected chi connectivity index (χ1v) is 8.43. The van der Waals surface area contributed by atoms with Crippen molar-refractivity contribution >= 4 is 5.97 Å². The van der Waals surface area contributed by atoms with Crippen molar-refractivity contribution in [1.82, 2.24) is 9.80 Å². The summed E-state index contributed by atoms with van der Waals surface area (Å²) in [6.07, 6.45) is 4.98. The average molecular weight is 302 g/mol. The number of carboxylic acids is 1. The van der Waals surface area contributed by atoms with Gasteiger partial charge in [0.2, 0.25) is 0 Å². The van der Waals surface area contributed by atoms with Crippen molar-refractivity contribution in [1.29, 1.82) is 0 Å². The zero-order valence-electron chi connectivity index (χ0n) is 13.4. The molecular formula is C18H26N2O2. The van der Waals surface area contributed by atoms with E-state index < -0.39 is 5.97 Å². The Balaban J connectivity index is 1.74. The van der Waals surface area contributed by atoms with Gasteiger partial charge in [-0.15, -0.1) is 0 Å². The van der Waals surface area contributed by atoms with Crippen molar-refractivity contribution in [3.05, 3.63) is 35.4 Å². The molecule has 120 valence electrons. The molecule has 1 aliphatic carbocycles. The summed E-state index contributed by atoms with van der Waals surface area (Å²) in [7, 11) is 0. The van der Waals surface area contributed by atoms with E-state index in [0.717, 1.165) is 19.6 Å². The molecule has 0 aromatic heterocycles. The lowest BCUT2D eigenvalue weighted by Crippen LogP contribution is -2.53. The Morgan fingerprint density at radius 3 is 2.86 bits per heavy atom. The lowest BCUT2D eigenvalue weighted by atomic mass is 9.96. The minimum Gasteiger partial charge on any atom is -0.480 e. The Hall–Kier alpha value is -1.39. The second-order valence-electron chi connectivity index (χ2n) is 6.67. The van der Waals surface area contributed by atoms with Gasteiger partial charge in [-0.1, -0.05) is 30.7 Å². The normalized spacial score (nSPS) is 27.1. The molecule has 1 unspecified atom stereocenters. The van der Waals surface area contributed by atoms with Crippen LogP contribution in [0.15, 0.2) is 24.3 Å². The number of piperazine rings is 1. The molecule has 0 spiro atoms. The van der Waals surface area contributed by atoms with Crippen molar-refractivity contribution in [2.24, 2.45) is 0 Å². The molecule has 1 aliphatic heterocycles. The van der Waals surface area contributed by atoms with Gasteiger partial charge in [0, 0.05) is 31.7 Å². The summed E-state index contributed by atoms with van der Waals surface area (Å²) in [6, 6.07) is 9.68. The second kappa shape index (κ2) is 6.80. The first-order valence-electron chi connectivity index (χ1n) is 8.43. The Bertz CT molecular complexity index is 532. The number of carbonyl (C=O) groups is 1. The van der Waals surface area contributed by atoms with E-state index in [0.29, 0.717) is 12.1 Å². The highest BCUT2D eigenvalue weighted by Gasteiger charge is 2.31. The van der Waals surface area contributed by atoms with Crippen molar-refractivity contribution in [2.45, 2.75) is 44.7 Å². The van der Waals surface area contributed by atoms with E-state index in [1.165, 1.54) is 36.8 Å². The van der Waals surface area contributed by atoms with Gasteiger partial charge in [-0.3, -0.25) is 14.6 Å². The minimum atomic E-state index is -0.722. The number of nitrogens with zero attached hydrogens (tertiary/aromatic N) is 2. The molecule has 0 saturated carbocycles. The molecule has 1 aromatic carbocycles.